The normalized spacial score (nSPS) is 16.8. The summed E-state index contributed by atoms with van der Waals surface area (Å²) >= 11 is 0. The quantitative estimate of drug-likeness (QED) is 0.208. The monoisotopic (exact) mass is 566 g/mol. The molecule has 0 amide bonds. The molecule has 2 aromatic heterocycles. The molecule has 1 saturated carbocycles. The van der Waals surface area contributed by atoms with Gasteiger partial charge in [0.1, 0.15) is 22.9 Å². The minimum absolute atomic E-state index is 0.466. The van der Waals surface area contributed by atoms with E-state index >= 15 is 0 Å². The molecule has 42 heavy (non-hydrogen) atoms. The van der Waals surface area contributed by atoms with Crippen LogP contribution in [0.1, 0.15) is 94.4 Å². The van der Waals surface area contributed by atoms with Crippen molar-refractivity contribution in [1.29, 1.82) is 0 Å². The van der Waals surface area contributed by atoms with E-state index in [0.29, 0.717) is 11.7 Å². The summed E-state index contributed by atoms with van der Waals surface area (Å²) in [7, 11) is 0. The number of aromatic nitrogens is 3. The Balaban J connectivity index is 0.000000313. The van der Waals surface area contributed by atoms with Gasteiger partial charge in [0.05, 0.1) is 5.70 Å². The molecule has 1 aliphatic carbocycles. The number of nitrogens with zero attached hydrogens (tertiary/aromatic N) is 3. The fraction of sp³-hybridized carbons (Fsp3) is 0.389. The maximum atomic E-state index is 6.33. The number of rotatable bonds is 7. The number of nitrogens with two attached hydrogens (primary N) is 1. The highest BCUT2D eigenvalue weighted by molar-refractivity contribution is 5.88. The molecule has 0 unspecified atom stereocenters. The molecule has 0 bridgehead atoms. The highest BCUT2D eigenvalue weighted by atomic mass is 15.1. The molecule has 2 aromatic carbocycles. The number of hydrogen-bond acceptors (Lipinski definition) is 5. The van der Waals surface area contributed by atoms with E-state index in [1.807, 2.05) is 64.4 Å². The number of benzene rings is 2. The van der Waals surface area contributed by atoms with Crippen molar-refractivity contribution in [1.82, 2.24) is 19.7 Å². The number of hydrogen-bond donors (Lipinski definition) is 3. The summed E-state index contributed by atoms with van der Waals surface area (Å²) in [5.41, 5.74) is 13.9. The maximum Gasteiger partial charge on any atom is 0.150 e. The number of fused-ring (bicyclic) bond motifs is 1. The largest absolute Gasteiger partial charge is 0.387 e. The van der Waals surface area contributed by atoms with Gasteiger partial charge in [0.15, 0.2) is 0 Å². The van der Waals surface area contributed by atoms with Crippen molar-refractivity contribution in [3.63, 3.8) is 0 Å². The molecule has 0 radical (unpaired) electrons. The van der Waals surface area contributed by atoms with E-state index in [-0.39, 0.29) is 0 Å². The minimum atomic E-state index is 0.466. The Morgan fingerprint density at radius 3 is 2.38 bits per heavy atom. The van der Waals surface area contributed by atoms with Crippen molar-refractivity contribution in [2.45, 2.75) is 86.6 Å². The topological polar surface area (TPSA) is 80.3 Å². The first-order chi connectivity index (χ1) is 20.4. The third-order valence-electron chi connectivity index (χ3n) is 7.62. The summed E-state index contributed by atoms with van der Waals surface area (Å²) in [6.45, 7) is 15.5. The summed E-state index contributed by atoms with van der Waals surface area (Å²) in [6.07, 6.45) is 14.7. The summed E-state index contributed by atoms with van der Waals surface area (Å²) in [5, 5.41) is 6.76. The summed E-state index contributed by atoms with van der Waals surface area (Å²) in [5.74, 6) is 2.90. The van der Waals surface area contributed by atoms with Crippen LogP contribution in [0.5, 0.6) is 0 Å². The third-order valence-corrected chi connectivity index (χ3v) is 7.62. The second-order valence-corrected chi connectivity index (χ2v) is 10.8. The van der Waals surface area contributed by atoms with E-state index in [2.05, 4.69) is 77.2 Å². The summed E-state index contributed by atoms with van der Waals surface area (Å²) < 4.78 is 2.16. The summed E-state index contributed by atoms with van der Waals surface area (Å²) in [6, 6.07) is 16.8. The SMILES string of the molecule is C/C=C(\Nc1ccc(C)cc1C)c1nc(C2CCC(C)CC2)n2ccnc(N)c12.C/C=C/NCc1ccccc1.CC. The highest BCUT2D eigenvalue weighted by Gasteiger charge is 2.26. The molecule has 1 fully saturated rings. The van der Waals surface area contributed by atoms with E-state index in [1.165, 1.54) is 42.4 Å². The van der Waals surface area contributed by atoms with E-state index in [0.717, 1.165) is 40.9 Å². The van der Waals surface area contributed by atoms with E-state index in [9.17, 15) is 0 Å². The molecule has 6 heteroatoms. The van der Waals surface area contributed by atoms with E-state index in [1.54, 1.807) is 6.20 Å². The van der Waals surface area contributed by atoms with E-state index < -0.39 is 0 Å². The molecule has 0 atom stereocenters. The fourth-order valence-electron chi connectivity index (χ4n) is 5.34. The molecule has 1 aliphatic rings. The number of allylic oxidation sites excluding steroid dienone is 2. The van der Waals surface area contributed by atoms with Crippen LogP contribution in [-0.2, 0) is 6.54 Å². The molecule has 2 heterocycles. The second-order valence-electron chi connectivity index (χ2n) is 10.8. The highest BCUT2D eigenvalue weighted by Crippen LogP contribution is 2.37. The number of aryl methyl sites for hydroxylation is 2. The molecule has 4 aromatic rings. The Bertz CT molecular complexity index is 1440. The van der Waals surface area contributed by atoms with Gasteiger partial charge in [0, 0.05) is 30.5 Å². The predicted molar refractivity (Wildman–Crippen MR) is 180 cm³/mol. The molecule has 0 spiro atoms. The van der Waals surface area contributed by atoms with Crippen LogP contribution in [0.3, 0.4) is 0 Å². The van der Waals surface area contributed by atoms with Crippen LogP contribution >= 0.6 is 0 Å². The van der Waals surface area contributed by atoms with Gasteiger partial charge in [-0.1, -0.05) is 93.8 Å². The van der Waals surface area contributed by atoms with Gasteiger partial charge in [0.2, 0.25) is 0 Å². The zero-order valence-electron chi connectivity index (χ0n) is 26.6. The first-order valence-electron chi connectivity index (χ1n) is 15.4. The molecular formula is C36H50N6. The van der Waals surface area contributed by atoms with Crippen molar-refractivity contribution in [2.75, 3.05) is 11.1 Å². The fourth-order valence-corrected chi connectivity index (χ4v) is 5.34. The van der Waals surface area contributed by atoms with Crippen molar-refractivity contribution in [2.24, 2.45) is 5.92 Å². The van der Waals surface area contributed by atoms with Crippen LogP contribution in [0.25, 0.3) is 11.2 Å². The van der Waals surface area contributed by atoms with Gasteiger partial charge in [-0.25, -0.2) is 9.97 Å². The van der Waals surface area contributed by atoms with Gasteiger partial charge in [-0.15, -0.1) is 0 Å². The van der Waals surface area contributed by atoms with Crippen LogP contribution in [-0.4, -0.2) is 14.4 Å². The average Bonchev–Trinajstić information content (AvgIpc) is 3.40. The van der Waals surface area contributed by atoms with Crippen LogP contribution in [0.15, 0.2) is 79.3 Å². The van der Waals surface area contributed by atoms with Crippen LogP contribution in [0, 0.1) is 19.8 Å². The lowest BCUT2D eigenvalue weighted by atomic mass is 9.82. The Kier molecular flexibility index (Phi) is 12.7. The predicted octanol–water partition coefficient (Wildman–Crippen LogP) is 9.03. The number of nitrogen functional groups attached to an aromatic ring is 1. The third kappa shape index (κ3) is 8.48. The van der Waals surface area contributed by atoms with Crippen molar-refractivity contribution < 1.29 is 0 Å². The van der Waals surface area contributed by atoms with Crippen molar-refractivity contribution >= 4 is 22.7 Å². The Morgan fingerprint density at radius 1 is 1.02 bits per heavy atom. The number of anilines is 2. The lowest BCUT2D eigenvalue weighted by Crippen LogP contribution is -2.13. The molecule has 0 aliphatic heterocycles. The average molecular weight is 567 g/mol. The number of imidazole rings is 1. The van der Waals surface area contributed by atoms with Crippen LogP contribution in [0.2, 0.25) is 0 Å². The molecule has 4 N–H and O–H groups in total. The lowest BCUT2D eigenvalue weighted by Gasteiger charge is -2.25. The molecule has 5 rings (SSSR count). The van der Waals surface area contributed by atoms with Gasteiger partial charge in [-0.05, 0) is 69.8 Å². The van der Waals surface area contributed by atoms with Crippen molar-refractivity contribution in [3.05, 3.63) is 107 Å². The molecule has 6 nitrogen and oxygen atoms in total. The summed E-state index contributed by atoms with van der Waals surface area (Å²) in [4.78, 5) is 9.48. The zero-order chi connectivity index (χ0) is 30.5. The smallest absolute Gasteiger partial charge is 0.150 e. The Morgan fingerprint density at radius 2 is 1.74 bits per heavy atom. The van der Waals surface area contributed by atoms with Gasteiger partial charge in [-0.2, -0.15) is 0 Å². The van der Waals surface area contributed by atoms with Crippen molar-refractivity contribution in [3.8, 4) is 0 Å². The molecule has 0 saturated heterocycles. The second kappa shape index (κ2) is 16.4. The first-order valence-corrected chi connectivity index (χ1v) is 15.4. The first kappa shape index (κ1) is 32.5. The minimum Gasteiger partial charge on any atom is -0.387 e. The molecule has 224 valence electrons. The van der Waals surface area contributed by atoms with Crippen LogP contribution < -0.4 is 16.4 Å². The maximum absolute atomic E-state index is 6.33. The Labute approximate surface area is 253 Å². The lowest BCUT2D eigenvalue weighted by molar-refractivity contribution is 0.339. The number of nitrogens with one attached hydrogen (secondary N) is 2. The standard InChI is InChI=1S/C24H31N5.C10H13N.C2H6/c1-5-19(27-20-11-8-16(3)14-17(20)4)21-22-23(25)26-12-13-29(22)24(28-21)18-9-6-15(2)7-10-18;1-2-8-11-9-10-6-4-3-5-7-10;1-2/h5,8,11-15,18,27H,6-7,9-10H2,1-4H3,(H2,25,26);2-8,11H,9H2,1H3;1-2H3/b19-5-;8-2+;. The van der Waals surface area contributed by atoms with Gasteiger partial charge in [-0.3, -0.25) is 4.40 Å². The zero-order valence-corrected chi connectivity index (χ0v) is 26.6. The van der Waals surface area contributed by atoms with Gasteiger partial charge >= 0.3 is 0 Å². The molecular weight excluding hydrogens is 516 g/mol. The van der Waals surface area contributed by atoms with Crippen LogP contribution in [0.4, 0.5) is 11.5 Å². The van der Waals surface area contributed by atoms with E-state index in [4.69, 9.17) is 10.7 Å². The Hall–Kier alpha value is -4.06. The van der Waals surface area contributed by atoms with Gasteiger partial charge < -0.3 is 16.4 Å². The van der Waals surface area contributed by atoms with Gasteiger partial charge in [0.25, 0.3) is 0 Å².